The number of halogens is 1. The number of rotatable bonds is 3. The fourth-order valence-corrected chi connectivity index (χ4v) is 1.89. The number of nitrogens with one attached hydrogen (secondary N) is 2. The average molecular weight is 316 g/mol. The molecule has 2 amide bonds. The van der Waals surface area contributed by atoms with Gasteiger partial charge in [0.1, 0.15) is 0 Å². The van der Waals surface area contributed by atoms with Gasteiger partial charge in [0.25, 0.3) is 0 Å². The summed E-state index contributed by atoms with van der Waals surface area (Å²) in [7, 11) is 0. The lowest BCUT2D eigenvalue weighted by Crippen LogP contribution is -2.32. The standard InChI is InChI=1S/C16H14ClN3O2/c1-11-5-2-3-6-12(11)10-18-20-16(22)15(21)19-14-8-4-7-13(17)9-14/h2-10H,1H3,(H,19,21)(H,20,22)/b18-10+. The van der Waals surface area contributed by atoms with E-state index in [0.29, 0.717) is 10.7 Å². The molecule has 0 spiro atoms. The Balaban J connectivity index is 1.92. The van der Waals surface area contributed by atoms with E-state index in [4.69, 9.17) is 11.6 Å². The van der Waals surface area contributed by atoms with Crippen LogP contribution in [0, 0.1) is 6.92 Å². The van der Waals surface area contributed by atoms with E-state index in [1.165, 1.54) is 6.21 Å². The molecule has 0 unspecified atom stereocenters. The second kappa shape index (κ2) is 7.38. The third kappa shape index (κ3) is 4.43. The number of carbonyl (C=O) groups is 2. The van der Waals surface area contributed by atoms with Gasteiger partial charge in [-0.1, -0.05) is 41.9 Å². The molecule has 0 bridgehead atoms. The van der Waals surface area contributed by atoms with Crippen molar-refractivity contribution in [2.75, 3.05) is 5.32 Å². The van der Waals surface area contributed by atoms with Gasteiger partial charge in [-0.3, -0.25) is 9.59 Å². The molecule has 0 saturated heterocycles. The van der Waals surface area contributed by atoms with Gasteiger partial charge in [-0.15, -0.1) is 0 Å². The van der Waals surface area contributed by atoms with Crippen molar-refractivity contribution in [1.29, 1.82) is 0 Å². The monoisotopic (exact) mass is 315 g/mol. The number of aryl methyl sites for hydroxylation is 1. The number of carbonyl (C=O) groups excluding carboxylic acids is 2. The van der Waals surface area contributed by atoms with Crippen molar-refractivity contribution in [1.82, 2.24) is 5.43 Å². The highest BCUT2D eigenvalue weighted by atomic mass is 35.5. The summed E-state index contributed by atoms with van der Waals surface area (Å²) in [6, 6.07) is 14.1. The Kier molecular flexibility index (Phi) is 5.27. The molecule has 0 aromatic heterocycles. The maximum atomic E-state index is 11.7. The van der Waals surface area contributed by atoms with Crippen LogP contribution in [-0.2, 0) is 9.59 Å². The second-order valence-corrected chi connectivity index (χ2v) is 4.96. The van der Waals surface area contributed by atoms with Gasteiger partial charge in [-0.25, -0.2) is 5.43 Å². The molecule has 0 fully saturated rings. The summed E-state index contributed by atoms with van der Waals surface area (Å²) in [4.78, 5) is 23.3. The Morgan fingerprint density at radius 3 is 2.59 bits per heavy atom. The molecular formula is C16H14ClN3O2. The van der Waals surface area contributed by atoms with Crippen LogP contribution >= 0.6 is 11.6 Å². The summed E-state index contributed by atoms with van der Waals surface area (Å²) < 4.78 is 0. The molecule has 2 N–H and O–H groups in total. The first-order chi connectivity index (χ1) is 10.6. The zero-order valence-electron chi connectivity index (χ0n) is 11.8. The van der Waals surface area contributed by atoms with Gasteiger partial charge in [0.15, 0.2) is 0 Å². The minimum absolute atomic E-state index is 0.440. The van der Waals surface area contributed by atoms with Gasteiger partial charge in [-0.05, 0) is 36.2 Å². The fraction of sp³-hybridized carbons (Fsp3) is 0.0625. The summed E-state index contributed by atoms with van der Waals surface area (Å²) in [6.45, 7) is 1.93. The molecule has 0 atom stereocenters. The smallest absolute Gasteiger partial charge is 0.318 e. The van der Waals surface area contributed by atoms with E-state index < -0.39 is 11.8 Å². The Bertz CT molecular complexity index is 729. The van der Waals surface area contributed by atoms with Gasteiger partial charge in [0.05, 0.1) is 6.21 Å². The lowest BCUT2D eigenvalue weighted by Gasteiger charge is -2.04. The first-order valence-electron chi connectivity index (χ1n) is 6.52. The Hall–Kier alpha value is -2.66. The SMILES string of the molecule is Cc1ccccc1/C=N/NC(=O)C(=O)Nc1cccc(Cl)c1. The van der Waals surface area contributed by atoms with Crippen LogP contribution in [0.4, 0.5) is 5.69 Å². The summed E-state index contributed by atoms with van der Waals surface area (Å²) >= 11 is 5.80. The highest BCUT2D eigenvalue weighted by Crippen LogP contribution is 2.14. The highest BCUT2D eigenvalue weighted by molar-refractivity contribution is 6.39. The number of hydrazone groups is 1. The van der Waals surface area contributed by atoms with Crippen LogP contribution < -0.4 is 10.7 Å². The van der Waals surface area contributed by atoms with Crippen molar-refractivity contribution in [3.63, 3.8) is 0 Å². The average Bonchev–Trinajstić information content (AvgIpc) is 2.49. The summed E-state index contributed by atoms with van der Waals surface area (Å²) in [5, 5.41) is 6.67. The van der Waals surface area contributed by atoms with Crippen molar-refractivity contribution in [2.45, 2.75) is 6.92 Å². The number of anilines is 1. The van der Waals surface area contributed by atoms with Gasteiger partial charge in [0.2, 0.25) is 0 Å². The number of hydrogen-bond donors (Lipinski definition) is 2. The lowest BCUT2D eigenvalue weighted by molar-refractivity contribution is -0.136. The Morgan fingerprint density at radius 1 is 1.09 bits per heavy atom. The number of amides is 2. The van der Waals surface area contributed by atoms with Gasteiger partial charge >= 0.3 is 11.8 Å². The molecule has 2 aromatic carbocycles. The zero-order chi connectivity index (χ0) is 15.9. The molecule has 22 heavy (non-hydrogen) atoms. The van der Waals surface area contributed by atoms with Gasteiger partial charge < -0.3 is 5.32 Å². The van der Waals surface area contributed by atoms with Crippen molar-refractivity contribution in [3.05, 3.63) is 64.7 Å². The second-order valence-electron chi connectivity index (χ2n) is 4.52. The summed E-state index contributed by atoms with van der Waals surface area (Å²) in [5.74, 6) is -1.67. The number of nitrogens with zero attached hydrogens (tertiary/aromatic N) is 1. The van der Waals surface area contributed by atoms with Gasteiger partial charge in [0, 0.05) is 10.7 Å². The fourth-order valence-electron chi connectivity index (χ4n) is 1.70. The van der Waals surface area contributed by atoms with E-state index in [1.54, 1.807) is 24.3 Å². The molecule has 0 heterocycles. The largest absolute Gasteiger partial charge is 0.329 e. The minimum atomic E-state index is -0.857. The Labute approximate surface area is 133 Å². The minimum Gasteiger partial charge on any atom is -0.318 e. The molecule has 0 radical (unpaired) electrons. The van der Waals surface area contributed by atoms with Gasteiger partial charge in [-0.2, -0.15) is 5.10 Å². The van der Waals surface area contributed by atoms with E-state index in [-0.39, 0.29) is 0 Å². The third-order valence-electron chi connectivity index (χ3n) is 2.85. The maximum absolute atomic E-state index is 11.7. The normalized spacial score (nSPS) is 10.5. The maximum Gasteiger partial charge on any atom is 0.329 e. The van der Waals surface area contributed by atoms with Crippen molar-refractivity contribution in [3.8, 4) is 0 Å². The van der Waals surface area contributed by atoms with E-state index in [0.717, 1.165) is 11.1 Å². The van der Waals surface area contributed by atoms with E-state index in [9.17, 15) is 9.59 Å². The summed E-state index contributed by atoms with van der Waals surface area (Å²) in [5.41, 5.74) is 4.50. The molecular weight excluding hydrogens is 302 g/mol. The van der Waals surface area contributed by atoms with Crippen LogP contribution in [0.15, 0.2) is 53.6 Å². The quantitative estimate of drug-likeness (QED) is 0.519. The van der Waals surface area contributed by atoms with Crippen LogP contribution in [0.25, 0.3) is 0 Å². The predicted octanol–water partition coefficient (Wildman–Crippen LogP) is 2.74. The Morgan fingerprint density at radius 2 is 1.86 bits per heavy atom. The molecule has 5 nitrogen and oxygen atoms in total. The van der Waals surface area contributed by atoms with Crippen molar-refractivity contribution >= 4 is 35.3 Å². The van der Waals surface area contributed by atoms with Crippen LogP contribution in [0.3, 0.4) is 0 Å². The first-order valence-corrected chi connectivity index (χ1v) is 6.89. The molecule has 0 aliphatic heterocycles. The molecule has 2 rings (SSSR count). The molecule has 2 aromatic rings. The molecule has 6 heteroatoms. The van der Waals surface area contributed by atoms with Crippen LogP contribution in [-0.4, -0.2) is 18.0 Å². The zero-order valence-corrected chi connectivity index (χ0v) is 12.6. The van der Waals surface area contributed by atoms with Crippen LogP contribution in [0.2, 0.25) is 5.02 Å². The molecule has 112 valence electrons. The molecule has 0 aliphatic carbocycles. The molecule has 0 saturated carbocycles. The highest BCUT2D eigenvalue weighted by Gasteiger charge is 2.12. The lowest BCUT2D eigenvalue weighted by atomic mass is 10.1. The van der Waals surface area contributed by atoms with E-state index in [2.05, 4.69) is 15.8 Å². The topological polar surface area (TPSA) is 70.6 Å². The first kappa shape index (κ1) is 15.7. The molecule has 0 aliphatic rings. The van der Waals surface area contributed by atoms with Crippen molar-refractivity contribution < 1.29 is 9.59 Å². The third-order valence-corrected chi connectivity index (χ3v) is 3.08. The number of hydrogen-bond acceptors (Lipinski definition) is 3. The summed E-state index contributed by atoms with van der Waals surface area (Å²) in [6.07, 6.45) is 1.49. The number of benzene rings is 2. The van der Waals surface area contributed by atoms with Crippen LogP contribution in [0.1, 0.15) is 11.1 Å². The predicted molar refractivity (Wildman–Crippen MR) is 87.0 cm³/mol. The van der Waals surface area contributed by atoms with Crippen molar-refractivity contribution in [2.24, 2.45) is 5.10 Å². The van der Waals surface area contributed by atoms with E-state index >= 15 is 0 Å². The van der Waals surface area contributed by atoms with E-state index in [1.807, 2.05) is 31.2 Å². The van der Waals surface area contributed by atoms with Crippen LogP contribution in [0.5, 0.6) is 0 Å².